The van der Waals surface area contributed by atoms with Gasteiger partial charge >= 0.3 is 0 Å². The molecule has 3 rings (SSSR count). The smallest absolute Gasteiger partial charge is 0.175 e. The molecule has 2 N–H and O–H groups in total. The van der Waals surface area contributed by atoms with Crippen molar-refractivity contribution in [2.24, 2.45) is 5.92 Å². The van der Waals surface area contributed by atoms with E-state index < -0.39 is 0 Å². The Kier molecular flexibility index (Phi) is 4.41. The molecule has 2 aromatic rings. The van der Waals surface area contributed by atoms with Gasteiger partial charge in [0, 0.05) is 12.0 Å². The van der Waals surface area contributed by atoms with Gasteiger partial charge in [0.05, 0.1) is 15.6 Å². The lowest BCUT2D eigenvalue weighted by Gasteiger charge is -2.20. The largest absolute Gasteiger partial charge is 0.380 e. The van der Waals surface area contributed by atoms with Gasteiger partial charge in [-0.05, 0) is 18.1 Å². The Morgan fingerprint density at radius 1 is 1.10 bits per heavy atom. The lowest BCUT2D eigenvalue weighted by atomic mass is 9.85. The zero-order valence-electron chi connectivity index (χ0n) is 11.7. The van der Waals surface area contributed by atoms with E-state index in [2.05, 4.69) is 5.16 Å². The quantitative estimate of drug-likeness (QED) is 0.827. The second-order valence-corrected chi connectivity index (χ2v) is 6.49. The summed E-state index contributed by atoms with van der Waals surface area (Å²) in [5, 5.41) is 5.07. The number of nitrogen functional groups attached to an aromatic ring is 1. The van der Waals surface area contributed by atoms with Crippen molar-refractivity contribution in [1.82, 2.24) is 5.16 Å². The number of nitrogens with two attached hydrogens (primary N) is 1. The summed E-state index contributed by atoms with van der Waals surface area (Å²) in [5.41, 5.74) is 7.48. The third-order valence-electron chi connectivity index (χ3n) is 4.20. The molecule has 0 saturated heterocycles. The van der Waals surface area contributed by atoms with Crippen LogP contribution in [-0.4, -0.2) is 5.16 Å². The molecule has 1 fully saturated rings. The molecule has 0 atom stereocenters. The second-order valence-electron chi connectivity index (χ2n) is 5.67. The van der Waals surface area contributed by atoms with Crippen molar-refractivity contribution in [2.75, 3.05) is 5.73 Å². The minimum Gasteiger partial charge on any atom is -0.380 e. The molecular weight excluding hydrogens is 307 g/mol. The highest BCUT2D eigenvalue weighted by Crippen LogP contribution is 2.41. The van der Waals surface area contributed by atoms with E-state index >= 15 is 0 Å². The van der Waals surface area contributed by atoms with Gasteiger partial charge in [0.25, 0.3) is 0 Å². The molecule has 0 radical (unpaired) electrons. The topological polar surface area (TPSA) is 52.0 Å². The van der Waals surface area contributed by atoms with E-state index in [0.717, 1.165) is 23.3 Å². The summed E-state index contributed by atoms with van der Waals surface area (Å²) in [6.45, 7) is 0. The first-order valence-corrected chi connectivity index (χ1v) is 8.11. The molecule has 1 aliphatic rings. The molecule has 1 aliphatic carbocycles. The van der Waals surface area contributed by atoms with Crippen LogP contribution < -0.4 is 5.73 Å². The number of rotatable bonds is 3. The Morgan fingerprint density at radius 3 is 2.43 bits per heavy atom. The van der Waals surface area contributed by atoms with Crippen molar-refractivity contribution in [3.8, 4) is 11.1 Å². The Hall–Kier alpha value is -1.19. The number of nitrogens with zero attached hydrogens (tertiary/aromatic N) is 1. The van der Waals surface area contributed by atoms with Crippen LogP contribution in [0.3, 0.4) is 0 Å². The van der Waals surface area contributed by atoms with Crippen LogP contribution in [0.5, 0.6) is 0 Å². The maximum Gasteiger partial charge on any atom is 0.175 e. The predicted molar refractivity (Wildman–Crippen MR) is 86.7 cm³/mol. The Labute approximate surface area is 134 Å². The maximum atomic E-state index is 6.30. The van der Waals surface area contributed by atoms with E-state index in [-0.39, 0.29) is 0 Å². The minimum absolute atomic E-state index is 0.357. The van der Waals surface area contributed by atoms with Crippen molar-refractivity contribution in [2.45, 2.75) is 38.5 Å². The van der Waals surface area contributed by atoms with Crippen molar-refractivity contribution >= 4 is 29.0 Å². The molecule has 0 amide bonds. The predicted octanol–water partition coefficient (Wildman–Crippen LogP) is 5.35. The average Bonchev–Trinajstić information content (AvgIpc) is 2.82. The van der Waals surface area contributed by atoms with E-state index in [1.54, 1.807) is 12.1 Å². The summed E-state index contributed by atoms with van der Waals surface area (Å²) in [4.78, 5) is 0. The Morgan fingerprint density at radius 2 is 1.76 bits per heavy atom. The molecular formula is C16H18Cl2N2O. The number of anilines is 1. The third-order valence-corrected chi connectivity index (χ3v) is 4.83. The third kappa shape index (κ3) is 3.04. The van der Waals surface area contributed by atoms with Crippen LogP contribution in [0.2, 0.25) is 10.0 Å². The molecule has 0 spiro atoms. The van der Waals surface area contributed by atoms with Crippen LogP contribution in [-0.2, 0) is 6.42 Å². The fourth-order valence-electron chi connectivity index (χ4n) is 3.14. The van der Waals surface area contributed by atoms with Crippen molar-refractivity contribution < 1.29 is 4.52 Å². The summed E-state index contributed by atoms with van der Waals surface area (Å²) >= 11 is 12.6. The number of halogens is 2. The van der Waals surface area contributed by atoms with E-state index in [0.29, 0.717) is 21.8 Å². The minimum atomic E-state index is 0.357. The fourth-order valence-corrected chi connectivity index (χ4v) is 3.72. The zero-order valence-corrected chi connectivity index (χ0v) is 13.3. The van der Waals surface area contributed by atoms with Gasteiger partial charge in [0.2, 0.25) is 0 Å². The first kappa shape index (κ1) is 14.7. The van der Waals surface area contributed by atoms with Crippen molar-refractivity contribution in [3.63, 3.8) is 0 Å². The highest BCUT2D eigenvalue weighted by Gasteiger charge is 2.24. The lowest BCUT2D eigenvalue weighted by Crippen LogP contribution is -2.09. The summed E-state index contributed by atoms with van der Waals surface area (Å²) in [6.07, 6.45) is 7.22. The summed E-state index contributed by atoms with van der Waals surface area (Å²) < 4.78 is 5.47. The van der Waals surface area contributed by atoms with Gasteiger partial charge < -0.3 is 10.3 Å². The number of hydrogen-bond acceptors (Lipinski definition) is 3. The Balaban J connectivity index is 1.97. The van der Waals surface area contributed by atoms with Crippen LogP contribution in [0.25, 0.3) is 11.1 Å². The second kappa shape index (κ2) is 6.29. The standard InChI is InChI=1S/C16H18Cl2N2O/c17-11-7-4-8-12(18)14(11)15-13(21-20-16(15)19)9-10-5-2-1-3-6-10/h4,7-8,10H,1-3,5-6,9H2,(H2,19,20). The normalized spacial score (nSPS) is 16.3. The van der Waals surface area contributed by atoms with E-state index in [4.69, 9.17) is 33.5 Å². The van der Waals surface area contributed by atoms with Gasteiger partial charge in [0.1, 0.15) is 5.76 Å². The first-order valence-electron chi connectivity index (χ1n) is 7.35. The average molecular weight is 325 g/mol. The lowest BCUT2D eigenvalue weighted by molar-refractivity contribution is 0.311. The molecule has 3 nitrogen and oxygen atoms in total. The highest BCUT2D eigenvalue weighted by molar-refractivity contribution is 6.39. The van der Waals surface area contributed by atoms with Crippen molar-refractivity contribution in [3.05, 3.63) is 34.0 Å². The molecule has 21 heavy (non-hydrogen) atoms. The Bertz CT molecular complexity index is 613. The van der Waals surface area contributed by atoms with E-state index in [9.17, 15) is 0 Å². The van der Waals surface area contributed by atoms with E-state index in [1.165, 1.54) is 32.1 Å². The van der Waals surface area contributed by atoms with Gasteiger partial charge in [-0.3, -0.25) is 0 Å². The van der Waals surface area contributed by atoms with Gasteiger partial charge in [-0.1, -0.05) is 66.5 Å². The molecule has 1 aromatic carbocycles. The van der Waals surface area contributed by atoms with Crippen molar-refractivity contribution in [1.29, 1.82) is 0 Å². The van der Waals surface area contributed by atoms with Crippen LogP contribution in [0, 0.1) is 5.92 Å². The number of aromatic nitrogens is 1. The molecule has 0 aliphatic heterocycles. The van der Waals surface area contributed by atoms with Crippen LogP contribution >= 0.6 is 23.2 Å². The van der Waals surface area contributed by atoms with Crippen LogP contribution in [0.4, 0.5) is 5.82 Å². The SMILES string of the molecule is Nc1noc(CC2CCCCC2)c1-c1c(Cl)cccc1Cl. The zero-order chi connectivity index (χ0) is 14.8. The van der Waals surface area contributed by atoms with Crippen LogP contribution in [0.1, 0.15) is 37.9 Å². The molecule has 1 heterocycles. The molecule has 0 bridgehead atoms. The first-order chi connectivity index (χ1) is 10.2. The molecule has 112 valence electrons. The summed E-state index contributed by atoms with van der Waals surface area (Å²) in [6, 6.07) is 5.43. The molecule has 0 unspecified atom stereocenters. The van der Waals surface area contributed by atoms with E-state index in [1.807, 2.05) is 6.07 Å². The number of hydrogen-bond donors (Lipinski definition) is 1. The highest BCUT2D eigenvalue weighted by atomic mass is 35.5. The monoisotopic (exact) mass is 324 g/mol. The summed E-state index contributed by atoms with van der Waals surface area (Å²) in [7, 11) is 0. The molecule has 1 saturated carbocycles. The maximum absolute atomic E-state index is 6.30. The molecule has 1 aromatic heterocycles. The summed E-state index contributed by atoms with van der Waals surface area (Å²) in [5.74, 6) is 1.79. The van der Waals surface area contributed by atoms with Crippen LogP contribution in [0.15, 0.2) is 22.7 Å². The fraction of sp³-hybridized carbons (Fsp3) is 0.438. The van der Waals surface area contributed by atoms with Gasteiger partial charge in [-0.2, -0.15) is 0 Å². The van der Waals surface area contributed by atoms with Gasteiger partial charge in [-0.15, -0.1) is 0 Å². The molecule has 5 heteroatoms. The van der Waals surface area contributed by atoms with Gasteiger partial charge in [0.15, 0.2) is 5.82 Å². The van der Waals surface area contributed by atoms with Gasteiger partial charge in [-0.25, -0.2) is 0 Å². The number of benzene rings is 1.